The third kappa shape index (κ3) is 6.36. The average molecular weight is 299 g/mol. The molecule has 0 saturated carbocycles. The summed E-state index contributed by atoms with van der Waals surface area (Å²) in [6.45, 7) is 4.27. The largest absolute Gasteiger partial charge is 0.313 e. The van der Waals surface area contributed by atoms with E-state index >= 15 is 0 Å². The van der Waals surface area contributed by atoms with Gasteiger partial charge in [0, 0.05) is 11.4 Å². The molecule has 0 radical (unpaired) electrons. The van der Waals surface area contributed by atoms with Crippen molar-refractivity contribution >= 4 is 11.8 Å². The Balaban J connectivity index is 1.71. The van der Waals surface area contributed by atoms with Crippen LogP contribution in [0.1, 0.15) is 30.9 Å². The maximum atomic E-state index is 3.46. The second kappa shape index (κ2) is 9.64. The van der Waals surface area contributed by atoms with Crippen LogP contribution in [0.5, 0.6) is 0 Å². The van der Waals surface area contributed by atoms with Gasteiger partial charge in [0.05, 0.1) is 0 Å². The average Bonchev–Trinajstić information content (AvgIpc) is 2.53. The van der Waals surface area contributed by atoms with E-state index in [1.165, 1.54) is 41.0 Å². The molecule has 21 heavy (non-hydrogen) atoms. The zero-order chi connectivity index (χ0) is 14.8. The number of rotatable bonds is 9. The van der Waals surface area contributed by atoms with Crippen molar-refractivity contribution in [2.45, 2.75) is 37.6 Å². The fraction of sp³-hybridized carbons (Fsp3) is 0.368. The standard InChI is InChI=1S/C19H25NS/c1-2-13-20-16-18-10-6-12-19(15-18)21-14-7-11-17-8-4-3-5-9-17/h3-6,8-10,12,15,20H,2,7,11,13-14,16H2,1H3. The molecule has 0 spiro atoms. The number of hydrogen-bond acceptors (Lipinski definition) is 2. The van der Waals surface area contributed by atoms with Crippen LogP contribution in [-0.2, 0) is 13.0 Å². The van der Waals surface area contributed by atoms with Crippen molar-refractivity contribution in [1.82, 2.24) is 5.32 Å². The highest BCUT2D eigenvalue weighted by Crippen LogP contribution is 2.20. The number of nitrogens with one attached hydrogen (secondary N) is 1. The van der Waals surface area contributed by atoms with Crippen LogP contribution in [0, 0.1) is 0 Å². The number of thioether (sulfide) groups is 1. The fourth-order valence-electron chi connectivity index (χ4n) is 2.27. The highest BCUT2D eigenvalue weighted by molar-refractivity contribution is 7.99. The number of benzene rings is 2. The maximum Gasteiger partial charge on any atom is 0.0205 e. The molecule has 0 bridgehead atoms. The van der Waals surface area contributed by atoms with Crippen LogP contribution in [0.3, 0.4) is 0 Å². The summed E-state index contributed by atoms with van der Waals surface area (Å²) < 4.78 is 0. The minimum Gasteiger partial charge on any atom is -0.313 e. The summed E-state index contributed by atoms with van der Waals surface area (Å²) in [4.78, 5) is 1.39. The predicted octanol–water partition coefficient (Wildman–Crippen LogP) is 4.91. The molecule has 0 amide bonds. The molecule has 0 aromatic heterocycles. The van der Waals surface area contributed by atoms with E-state index in [0.717, 1.165) is 13.1 Å². The minimum absolute atomic E-state index is 0.978. The maximum absolute atomic E-state index is 3.46. The van der Waals surface area contributed by atoms with E-state index in [-0.39, 0.29) is 0 Å². The van der Waals surface area contributed by atoms with E-state index in [9.17, 15) is 0 Å². The normalized spacial score (nSPS) is 10.7. The van der Waals surface area contributed by atoms with Crippen molar-refractivity contribution in [3.05, 3.63) is 65.7 Å². The number of aryl methyl sites for hydroxylation is 1. The monoisotopic (exact) mass is 299 g/mol. The Morgan fingerprint density at radius 1 is 0.952 bits per heavy atom. The van der Waals surface area contributed by atoms with E-state index < -0.39 is 0 Å². The van der Waals surface area contributed by atoms with Crippen molar-refractivity contribution in [3.8, 4) is 0 Å². The Hall–Kier alpha value is -1.25. The minimum atomic E-state index is 0.978. The van der Waals surface area contributed by atoms with Crippen LogP contribution in [0.4, 0.5) is 0 Å². The molecule has 0 aliphatic carbocycles. The second-order valence-corrected chi connectivity index (χ2v) is 6.43. The van der Waals surface area contributed by atoms with Gasteiger partial charge in [-0.1, -0.05) is 49.4 Å². The predicted molar refractivity (Wildman–Crippen MR) is 93.9 cm³/mol. The van der Waals surface area contributed by atoms with Gasteiger partial charge in [0.2, 0.25) is 0 Å². The molecular formula is C19H25NS. The lowest BCUT2D eigenvalue weighted by Crippen LogP contribution is -2.13. The molecule has 0 unspecified atom stereocenters. The van der Waals surface area contributed by atoms with E-state index in [4.69, 9.17) is 0 Å². The first-order chi connectivity index (χ1) is 10.4. The first-order valence-corrected chi connectivity index (χ1v) is 8.83. The third-order valence-electron chi connectivity index (χ3n) is 3.38. The van der Waals surface area contributed by atoms with Gasteiger partial charge in [-0.15, -0.1) is 11.8 Å². The molecule has 0 heterocycles. The van der Waals surface area contributed by atoms with Gasteiger partial charge in [-0.2, -0.15) is 0 Å². The van der Waals surface area contributed by atoms with Crippen molar-refractivity contribution in [3.63, 3.8) is 0 Å². The topological polar surface area (TPSA) is 12.0 Å². The quantitative estimate of drug-likeness (QED) is 0.521. The second-order valence-electron chi connectivity index (χ2n) is 5.26. The van der Waals surface area contributed by atoms with Gasteiger partial charge >= 0.3 is 0 Å². The summed E-state index contributed by atoms with van der Waals surface area (Å²) in [5, 5.41) is 3.46. The lowest BCUT2D eigenvalue weighted by atomic mass is 10.1. The molecule has 2 aromatic carbocycles. The highest BCUT2D eigenvalue weighted by Gasteiger charge is 1.98. The van der Waals surface area contributed by atoms with Crippen LogP contribution < -0.4 is 5.32 Å². The zero-order valence-electron chi connectivity index (χ0n) is 12.8. The van der Waals surface area contributed by atoms with Crippen molar-refractivity contribution < 1.29 is 0 Å². The zero-order valence-corrected chi connectivity index (χ0v) is 13.7. The van der Waals surface area contributed by atoms with Crippen LogP contribution in [0.2, 0.25) is 0 Å². The molecule has 2 heteroatoms. The Bertz CT molecular complexity index is 510. The highest BCUT2D eigenvalue weighted by atomic mass is 32.2. The van der Waals surface area contributed by atoms with Crippen LogP contribution in [0.25, 0.3) is 0 Å². The Kier molecular flexibility index (Phi) is 7.41. The summed E-state index contributed by atoms with van der Waals surface area (Å²) >= 11 is 1.97. The molecule has 2 aromatic rings. The molecule has 112 valence electrons. The van der Waals surface area contributed by atoms with Crippen molar-refractivity contribution in [2.24, 2.45) is 0 Å². The molecule has 0 aliphatic rings. The fourth-order valence-corrected chi connectivity index (χ4v) is 3.20. The molecule has 0 aliphatic heterocycles. The molecule has 1 nitrogen and oxygen atoms in total. The lowest BCUT2D eigenvalue weighted by molar-refractivity contribution is 0.674. The number of hydrogen-bond donors (Lipinski definition) is 1. The lowest BCUT2D eigenvalue weighted by Gasteiger charge is -2.06. The molecule has 0 atom stereocenters. The summed E-state index contributed by atoms with van der Waals surface area (Å²) in [7, 11) is 0. The van der Waals surface area contributed by atoms with Gasteiger partial charge in [0.15, 0.2) is 0 Å². The van der Waals surface area contributed by atoms with Crippen molar-refractivity contribution in [1.29, 1.82) is 0 Å². The van der Waals surface area contributed by atoms with Gasteiger partial charge in [0.1, 0.15) is 0 Å². The summed E-state index contributed by atoms with van der Waals surface area (Å²) in [6.07, 6.45) is 3.59. The van der Waals surface area contributed by atoms with E-state index in [1.54, 1.807) is 0 Å². The Morgan fingerprint density at radius 2 is 1.76 bits per heavy atom. The SMILES string of the molecule is CCCNCc1cccc(SCCCc2ccccc2)c1. The Labute approximate surface area is 133 Å². The first kappa shape index (κ1) is 16.1. The van der Waals surface area contributed by atoms with Gasteiger partial charge in [-0.05, 0) is 54.8 Å². The van der Waals surface area contributed by atoms with Crippen molar-refractivity contribution in [2.75, 3.05) is 12.3 Å². The molecule has 2 rings (SSSR count). The molecule has 0 fully saturated rings. The van der Waals surface area contributed by atoms with Crippen LogP contribution in [-0.4, -0.2) is 12.3 Å². The molecular weight excluding hydrogens is 274 g/mol. The molecule has 0 saturated heterocycles. The van der Waals surface area contributed by atoms with Crippen LogP contribution in [0.15, 0.2) is 59.5 Å². The molecule has 1 N–H and O–H groups in total. The summed E-state index contributed by atoms with van der Waals surface area (Å²) in [5.74, 6) is 1.18. The smallest absolute Gasteiger partial charge is 0.0205 e. The summed E-state index contributed by atoms with van der Waals surface area (Å²) in [6, 6.07) is 19.7. The van der Waals surface area contributed by atoms with E-state index in [2.05, 4.69) is 66.8 Å². The van der Waals surface area contributed by atoms with Gasteiger partial charge in [-0.25, -0.2) is 0 Å². The van der Waals surface area contributed by atoms with Gasteiger partial charge in [0.25, 0.3) is 0 Å². The van der Waals surface area contributed by atoms with Gasteiger partial charge < -0.3 is 5.32 Å². The third-order valence-corrected chi connectivity index (χ3v) is 4.46. The van der Waals surface area contributed by atoms with E-state index in [0.29, 0.717) is 0 Å². The van der Waals surface area contributed by atoms with Crippen LogP contribution >= 0.6 is 11.8 Å². The first-order valence-electron chi connectivity index (χ1n) is 7.85. The van der Waals surface area contributed by atoms with Gasteiger partial charge in [-0.3, -0.25) is 0 Å². The Morgan fingerprint density at radius 3 is 2.57 bits per heavy atom. The summed E-state index contributed by atoms with van der Waals surface area (Å²) in [5.41, 5.74) is 2.83. The van der Waals surface area contributed by atoms with E-state index in [1.807, 2.05) is 11.8 Å².